The maximum atomic E-state index is 6.20. The number of rotatable bonds is 3. The van der Waals surface area contributed by atoms with Gasteiger partial charge in [-0.05, 0) is 38.3 Å². The number of aliphatic imine (C=N–C) groups is 1. The molecule has 0 radical (unpaired) electrons. The standard InChI is InChI=1S/C21H23ClN6/c1-14-19(28-12-16(22)5-6-20(28)25-14)13-27-9-7-17-15(11-27)10-24-21(26-17)18-4-2-3-8-23-18/h5-6,10,12H,2-4,7-9,11,13H2,1H3. The number of hydrogen-bond donors (Lipinski definition) is 0. The Hall–Kier alpha value is -2.31. The lowest BCUT2D eigenvalue weighted by atomic mass is 10.1. The predicted octanol–water partition coefficient (Wildman–Crippen LogP) is 3.62. The highest BCUT2D eigenvalue weighted by molar-refractivity contribution is 6.30. The van der Waals surface area contributed by atoms with Gasteiger partial charge in [0, 0.05) is 50.6 Å². The zero-order chi connectivity index (χ0) is 19.1. The molecule has 0 N–H and O–H groups in total. The van der Waals surface area contributed by atoms with Gasteiger partial charge >= 0.3 is 0 Å². The Kier molecular flexibility index (Phi) is 4.61. The Bertz CT molecular complexity index is 1070. The number of aromatic nitrogens is 4. The van der Waals surface area contributed by atoms with Crippen LogP contribution in [0.5, 0.6) is 0 Å². The number of aryl methyl sites for hydroxylation is 1. The van der Waals surface area contributed by atoms with Crippen LogP contribution in [-0.4, -0.2) is 43.1 Å². The van der Waals surface area contributed by atoms with Crippen LogP contribution >= 0.6 is 11.6 Å². The van der Waals surface area contributed by atoms with Crippen LogP contribution in [0.2, 0.25) is 5.02 Å². The third-order valence-electron chi connectivity index (χ3n) is 5.65. The van der Waals surface area contributed by atoms with Gasteiger partial charge in [0.25, 0.3) is 0 Å². The highest BCUT2D eigenvalue weighted by Gasteiger charge is 2.22. The summed E-state index contributed by atoms with van der Waals surface area (Å²) in [6.07, 6.45) is 8.26. The van der Waals surface area contributed by atoms with E-state index >= 15 is 0 Å². The number of halogens is 1. The average Bonchev–Trinajstić information content (AvgIpc) is 3.03. The van der Waals surface area contributed by atoms with E-state index in [2.05, 4.69) is 31.2 Å². The van der Waals surface area contributed by atoms with Crippen LogP contribution in [0.1, 0.15) is 47.7 Å². The molecule has 0 aliphatic carbocycles. The van der Waals surface area contributed by atoms with Gasteiger partial charge in [-0.2, -0.15) is 0 Å². The van der Waals surface area contributed by atoms with Gasteiger partial charge in [0.15, 0.2) is 5.82 Å². The smallest absolute Gasteiger partial charge is 0.173 e. The normalized spacial score (nSPS) is 17.6. The van der Waals surface area contributed by atoms with Gasteiger partial charge in [0.05, 0.1) is 27.8 Å². The van der Waals surface area contributed by atoms with Crippen LogP contribution in [0.4, 0.5) is 0 Å². The summed E-state index contributed by atoms with van der Waals surface area (Å²) in [6.45, 7) is 5.64. The summed E-state index contributed by atoms with van der Waals surface area (Å²) >= 11 is 6.20. The van der Waals surface area contributed by atoms with Gasteiger partial charge in [0.2, 0.25) is 0 Å². The number of pyridine rings is 1. The Morgan fingerprint density at radius 2 is 2.07 bits per heavy atom. The van der Waals surface area contributed by atoms with Gasteiger partial charge in [-0.3, -0.25) is 9.89 Å². The first kappa shape index (κ1) is 17.8. The third-order valence-corrected chi connectivity index (χ3v) is 5.87. The molecule has 0 saturated carbocycles. The van der Waals surface area contributed by atoms with Gasteiger partial charge in [-0.15, -0.1) is 0 Å². The summed E-state index contributed by atoms with van der Waals surface area (Å²) in [7, 11) is 0. The van der Waals surface area contributed by atoms with Crippen molar-refractivity contribution in [1.82, 2.24) is 24.3 Å². The van der Waals surface area contributed by atoms with Crippen molar-refractivity contribution in [2.24, 2.45) is 4.99 Å². The molecule has 2 aliphatic rings. The molecule has 6 nitrogen and oxygen atoms in total. The van der Waals surface area contributed by atoms with E-state index in [1.807, 2.05) is 24.5 Å². The first-order valence-electron chi connectivity index (χ1n) is 9.91. The number of fused-ring (bicyclic) bond motifs is 2. The lowest BCUT2D eigenvalue weighted by molar-refractivity contribution is 0.239. The van der Waals surface area contributed by atoms with Crippen molar-refractivity contribution in [2.45, 2.75) is 45.7 Å². The molecule has 0 bridgehead atoms. The molecule has 5 heterocycles. The van der Waals surface area contributed by atoms with Crippen LogP contribution < -0.4 is 0 Å². The van der Waals surface area contributed by atoms with E-state index in [1.165, 1.54) is 29.8 Å². The van der Waals surface area contributed by atoms with Gasteiger partial charge in [-0.1, -0.05) is 11.6 Å². The van der Waals surface area contributed by atoms with Crippen LogP contribution in [0.25, 0.3) is 5.65 Å². The quantitative estimate of drug-likeness (QED) is 0.680. The van der Waals surface area contributed by atoms with Crippen molar-refractivity contribution in [1.29, 1.82) is 0 Å². The maximum absolute atomic E-state index is 6.20. The fourth-order valence-electron chi connectivity index (χ4n) is 4.12. The lowest BCUT2D eigenvalue weighted by Crippen LogP contribution is -2.32. The minimum atomic E-state index is 0.724. The van der Waals surface area contributed by atoms with E-state index < -0.39 is 0 Å². The summed E-state index contributed by atoms with van der Waals surface area (Å²) in [5, 5.41) is 0.724. The van der Waals surface area contributed by atoms with Crippen molar-refractivity contribution in [2.75, 3.05) is 13.1 Å². The maximum Gasteiger partial charge on any atom is 0.173 e. The molecule has 0 unspecified atom stereocenters. The molecule has 0 spiro atoms. The minimum absolute atomic E-state index is 0.724. The summed E-state index contributed by atoms with van der Waals surface area (Å²) in [5.41, 5.74) is 6.65. The molecule has 0 amide bonds. The second kappa shape index (κ2) is 7.26. The molecule has 0 atom stereocenters. The van der Waals surface area contributed by atoms with Crippen LogP contribution in [0, 0.1) is 6.92 Å². The van der Waals surface area contributed by atoms with Crippen molar-refractivity contribution in [3.05, 3.63) is 58.0 Å². The number of hydrogen-bond acceptors (Lipinski definition) is 5. The molecule has 0 aromatic carbocycles. The molecule has 2 aliphatic heterocycles. The molecule has 28 heavy (non-hydrogen) atoms. The molecule has 144 valence electrons. The fraction of sp³-hybridized carbons (Fsp3) is 0.429. The predicted molar refractivity (Wildman–Crippen MR) is 110 cm³/mol. The van der Waals surface area contributed by atoms with Crippen molar-refractivity contribution in [3.8, 4) is 0 Å². The second-order valence-corrected chi connectivity index (χ2v) is 8.07. The van der Waals surface area contributed by atoms with Crippen molar-refractivity contribution >= 4 is 23.0 Å². The summed E-state index contributed by atoms with van der Waals surface area (Å²) in [5.74, 6) is 0.833. The molecular weight excluding hydrogens is 372 g/mol. The summed E-state index contributed by atoms with van der Waals surface area (Å²) in [4.78, 5) is 21.2. The Labute approximate surface area is 169 Å². The highest BCUT2D eigenvalue weighted by atomic mass is 35.5. The SMILES string of the molecule is Cc1nc2ccc(Cl)cn2c1CN1CCc2nc(C3=NCCCC3)ncc2C1. The third kappa shape index (κ3) is 3.31. The van der Waals surface area contributed by atoms with Crippen LogP contribution in [0.15, 0.2) is 29.5 Å². The molecule has 3 aromatic rings. The van der Waals surface area contributed by atoms with Gasteiger partial charge < -0.3 is 4.40 Å². The first-order chi connectivity index (χ1) is 13.7. The molecule has 7 heteroatoms. The zero-order valence-corrected chi connectivity index (χ0v) is 16.8. The number of imidazole rings is 1. The number of nitrogens with zero attached hydrogens (tertiary/aromatic N) is 6. The highest BCUT2D eigenvalue weighted by Crippen LogP contribution is 2.22. The molecule has 5 rings (SSSR count). The van der Waals surface area contributed by atoms with Crippen LogP contribution in [0.3, 0.4) is 0 Å². The monoisotopic (exact) mass is 394 g/mol. The molecule has 3 aromatic heterocycles. The topological polar surface area (TPSA) is 58.7 Å². The van der Waals surface area contributed by atoms with E-state index in [0.717, 1.165) is 66.9 Å². The van der Waals surface area contributed by atoms with Crippen LogP contribution in [-0.2, 0) is 19.5 Å². The van der Waals surface area contributed by atoms with E-state index in [1.54, 1.807) is 0 Å². The molecular formula is C21H23ClN6. The fourth-order valence-corrected chi connectivity index (χ4v) is 4.28. The zero-order valence-electron chi connectivity index (χ0n) is 16.0. The molecule has 0 fully saturated rings. The van der Waals surface area contributed by atoms with Gasteiger partial charge in [-0.25, -0.2) is 15.0 Å². The van der Waals surface area contributed by atoms with E-state index in [0.29, 0.717) is 0 Å². The summed E-state index contributed by atoms with van der Waals surface area (Å²) < 4.78 is 2.11. The Morgan fingerprint density at radius 3 is 2.93 bits per heavy atom. The Balaban J connectivity index is 1.37. The summed E-state index contributed by atoms with van der Waals surface area (Å²) in [6, 6.07) is 3.85. The largest absolute Gasteiger partial charge is 0.301 e. The Morgan fingerprint density at radius 1 is 1.14 bits per heavy atom. The van der Waals surface area contributed by atoms with Gasteiger partial charge in [0.1, 0.15) is 5.65 Å². The first-order valence-corrected chi connectivity index (χ1v) is 10.3. The van der Waals surface area contributed by atoms with Crippen molar-refractivity contribution in [3.63, 3.8) is 0 Å². The molecule has 0 saturated heterocycles. The van der Waals surface area contributed by atoms with E-state index in [9.17, 15) is 0 Å². The second-order valence-electron chi connectivity index (χ2n) is 7.63. The minimum Gasteiger partial charge on any atom is -0.301 e. The van der Waals surface area contributed by atoms with Crippen molar-refractivity contribution < 1.29 is 0 Å². The van der Waals surface area contributed by atoms with E-state index in [-0.39, 0.29) is 0 Å². The van der Waals surface area contributed by atoms with E-state index in [4.69, 9.17) is 16.6 Å². The average molecular weight is 395 g/mol. The lowest BCUT2D eigenvalue weighted by Gasteiger charge is -2.28.